The van der Waals surface area contributed by atoms with Crippen LogP contribution in [0.5, 0.6) is 5.75 Å². The molecule has 0 amide bonds. The molecule has 0 saturated carbocycles. The first-order valence-electron chi connectivity index (χ1n) is 13.3. The molecular weight excluding hydrogens is 482 g/mol. The van der Waals surface area contributed by atoms with Crippen LogP contribution in [0.3, 0.4) is 0 Å². The average molecular weight is 520 g/mol. The molecule has 2 aromatic carbocycles. The van der Waals surface area contributed by atoms with E-state index in [0.717, 1.165) is 54.6 Å². The molecule has 38 heavy (non-hydrogen) atoms. The van der Waals surface area contributed by atoms with Gasteiger partial charge in [0.25, 0.3) is 0 Å². The monoisotopic (exact) mass is 519 g/mol. The van der Waals surface area contributed by atoms with E-state index in [1.807, 2.05) is 42.5 Å². The molecule has 2 aliphatic rings. The zero-order valence-corrected chi connectivity index (χ0v) is 21.9. The predicted octanol–water partition coefficient (Wildman–Crippen LogP) is 3.54. The van der Waals surface area contributed by atoms with E-state index in [2.05, 4.69) is 27.3 Å². The summed E-state index contributed by atoms with van der Waals surface area (Å²) < 4.78 is 16.5. The van der Waals surface area contributed by atoms with Crippen LogP contribution in [0.25, 0.3) is 10.9 Å². The molecule has 2 aliphatic heterocycles. The summed E-state index contributed by atoms with van der Waals surface area (Å²) in [6.45, 7) is 2.49. The second-order valence-electron chi connectivity index (χ2n) is 10.2. The fourth-order valence-electron chi connectivity index (χ4n) is 5.62. The molecule has 1 aromatic heterocycles. The highest BCUT2D eigenvalue weighted by Crippen LogP contribution is 2.32. The summed E-state index contributed by atoms with van der Waals surface area (Å²) >= 11 is 0. The molecule has 1 fully saturated rings. The van der Waals surface area contributed by atoms with E-state index in [1.165, 1.54) is 5.56 Å². The Morgan fingerprint density at radius 2 is 1.95 bits per heavy atom. The number of likely N-dealkylation sites (tertiary alicyclic amines) is 1. The van der Waals surface area contributed by atoms with Gasteiger partial charge in [0.15, 0.2) is 5.76 Å². The number of β-amino-alcohol motifs (C(OH)–C–C–N with tert-alkyl or cyclic N) is 1. The van der Waals surface area contributed by atoms with Crippen molar-refractivity contribution in [3.63, 3.8) is 0 Å². The molecule has 3 aromatic rings. The number of nitrogens with zero attached hydrogens (tertiary/aromatic N) is 2. The number of hydrogen-bond donors (Lipinski definition) is 3. The summed E-state index contributed by atoms with van der Waals surface area (Å²) in [7, 11) is 1.62. The number of aromatic nitrogens is 1. The van der Waals surface area contributed by atoms with Crippen molar-refractivity contribution >= 4 is 10.9 Å². The van der Waals surface area contributed by atoms with Gasteiger partial charge in [-0.15, -0.1) is 0 Å². The third kappa shape index (κ3) is 6.10. The normalized spacial score (nSPS) is 18.9. The lowest BCUT2D eigenvalue weighted by atomic mass is 9.83. The molecule has 0 spiro atoms. The maximum Gasteiger partial charge on any atom is 0.229 e. The minimum Gasteiger partial charge on any atom is -0.495 e. The Morgan fingerprint density at radius 3 is 2.66 bits per heavy atom. The minimum absolute atomic E-state index is 0.0539. The fourth-order valence-corrected chi connectivity index (χ4v) is 5.62. The van der Waals surface area contributed by atoms with Crippen molar-refractivity contribution in [3.05, 3.63) is 83.9 Å². The quantitative estimate of drug-likeness (QED) is 0.354. The molecular formula is C30H37N3O5. The van der Waals surface area contributed by atoms with Crippen LogP contribution < -0.4 is 10.1 Å². The van der Waals surface area contributed by atoms with Gasteiger partial charge in [0.05, 0.1) is 31.0 Å². The Hall–Kier alpha value is -3.17. The number of piperidine rings is 1. The number of aliphatic hydroxyl groups excluding tert-OH is 2. The van der Waals surface area contributed by atoms with E-state index < -0.39 is 6.10 Å². The summed E-state index contributed by atoms with van der Waals surface area (Å²) in [6, 6.07) is 18.1. The van der Waals surface area contributed by atoms with E-state index in [0.29, 0.717) is 18.7 Å². The maximum atomic E-state index is 11.2. The second kappa shape index (κ2) is 12.1. The van der Waals surface area contributed by atoms with Gasteiger partial charge in [0.1, 0.15) is 12.0 Å². The summed E-state index contributed by atoms with van der Waals surface area (Å²) in [5.74, 6) is 1.47. The van der Waals surface area contributed by atoms with Crippen molar-refractivity contribution in [2.24, 2.45) is 0 Å². The summed E-state index contributed by atoms with van der Waals surface area (Å²) in [5, 5.41) is 26.0. The standard InChI is InChI=1S/C30H37N3O5/c1-36-23-17-25-24(8-5-9-26(25)31-18-23)28(35)19-33-13-10-30(11-14-33,12-15-34)32-27(29-20-37-21-38-29)16-22-6-3-2-4-7-22/h2-9,17-18,20,27-28,32,34-35H,10-16,19,21H2,1H3. The van der Waals surface area contributed by atoms with Crippen LogP contribution in [0.4, 0.5) is 0 Å². The maximum absolute atomic E-state index is 11.2. The van der Waals surface area contributed by atoms with E-state index in [1.54, 1.807) is 19.6 Å². The number of methoxy groups -OCH3 is 1. The molecule has 1 saturated heterocycles. The highest BCUT2D eigenvalue weighted by Gasteiger charge is 2.38. The largest absolute Gasteiger partial charge is 0.495 e. The Bertz CT molecular complexity index is 1230. The van der Waals surface area contributed by atoms with E-state index in [4.69, 9.17) is 14.2 Å². The zero-order valence-electron chi connectivity index (χ0n) is 21.9. The van der Waals surface area contributed by atoms with Gasteiger partial charge in [-0.2, -0.15) is 0 Å². The first-order chi connectivity index (χ1) is 18.6. The second-order valence-corrected chi connectivity index (χ2v) is 10.2. The van der Waals surface area contributed by atoms with E-state index >= 15 is 0 Å². The SMILES string of the molecule is COc1cnc2cccc(C(O)CN3CCC(CCO)(NC(Cc4ccccc4)C4=COCO4)CC3)c2c1. The van der Waals surface area contributed by atoms with Crippen molar-refractivity contribution < 1.29 is 24.4 Å². The molecule has 3 N–H and O–H groups in total. The van der Waals surface area contributed by atoms with Crippen LogP contribution in [0, 0.1) is 0 Å². The Kier molecular flexibility index (Phi) is 8.44. The summed E-state index contributed by atoms with van der Waals surface area (Å²) in [4.78, 5) is 6.77. The smallest absolute Gasteiger partial charge is 0.229 e. The Morgan fingerprint density at radius 1 is 1.13 bits per heavy atom. The van der Waals surface area contributed by atoms with Crippen molar-refractivity contribution in [2.45, 2.75) is 43.4 Å². The molecule has 0 radical (unpaired) electrons. The number of ether oxygens (including phenoxy) is 3. The van der Waals surface area contributed by atoms with Crippen LogP contribution in [0.1, 0.15) is 36.5 Å². The van der Waals surface area contributed by atoms with Gasteiger partial charge in [-0.05, 0) is 48.9 Å². The van der Waals surface area contributed by atoms with Gasteiger partial charge in [0.2, 0.25) is 6.79 Å². The number of benzene rings is 2. The molecule has 0 bridgehead atoms. The van der Waals surface area contributed by atoms with Gasteiger partial charge < -0.3 is 34.6 Å². The molecule has 0 aliphatic carbocycles. The molecule has 3 heterocycles. The first-order valence-corrected chi connectivity index (χ1v) is 13.3. The topological polar surface area (TPSA) is 96.3 Å². The summed E-state index contributed by atoms with van der Waals surface area (Å²) in [6.07, 6.45) is 5.87. The zero-order chi connectivity index (χ0) is 26.4. The fraction of sp³-hybridized carbons (Fsp3) is 0.433. The van der Waals surface area contributed by atoms with Crippen molar-refractivity contribution in [2.75, 3.05) is 40.1 Å². The van der Waals surface area contributed by atoms with E-state index in [-0.39, 0.29) is 25.0 Å². The van der Waals surface area contributed by atoms with Crippen molar-refractivity contribution in [1.29, 1.82) is 0 Å². The van der Waals surface area contributed by atoms with Crippen LogP contribution in [0.2, 0.25) is 0 Å². The lowest BCUT2D eigenvalue weighted by Crippen LogP contribution is -2.58. The molecule has 5 rings (SSSR count). The van der Waals surface area contributed by atoms with Gasteiger partial charge in [-0.3, -0.25) is 4.98 Å². The highest BCUT2D eigenvalue weighted by atomic mass is 16.7. The summed E-state index contributed by atoms with van der Waals surface area (Å²) in [5.41, 5.74) is 2.66. The van der Waals surface area contributed by atoms with Crippen LogP contribution in [0.15, 0.2) is 72.8 Å². The van der Waals surface area contributed by atoms with Crippen molar-refractivity contribution in [1.82, 2.24) is 15.2 Å². The Balaban J connectivity index is 1.27. The highest BCUT2D eigenvalue weighted by molar-refractivity contribution is 5.83. The number of nitrogens with one attached hydrogen (secondary N) is 1. The predicted molar refractivity (Wildman–Crippen MR) is 146 cm³/mol. The molecule has 2 unspecified atom stereocenters. The van der Waals surface area contributed by atoms with Gasteiger partial charge in [-0.25, -0.2) is 0 Å². The van der Waals surface area contributed by atoms with Crippen LogP contribution in [-0.2, 0) is 15.9 Å². The number of fused-ring (bicyclic) bond motifs is 1. The molecule has 2 atom stereocenters. The third-order valence-electron chi connectivity index (χ3n) is 7.76. The number of pyridine rings is 1. The number of hydrogen-bond acceptors (Lipinski definition) is 8. The number of rotatable bonds is 11. The van der Waals surface area contributed by atoms with Crippen molar-refractivity contribution in [3.8, 4) is 5.75 Å². The third-order valence-corrected chi connectivity index (χ3v) is 7.76. The van der Waals surface area contributed by atoms with Crippen LogP contribution in [-0.4, -0.2) is 71.8 Å². The van der Waals surface area contributed by atoms with Gasteiger partial charge in [-0.1, -0.05) is 42.5 Å². The molecule has 8 nitrogen and oxygen atoms in total. The molecule has 202 valence electrons. The number of aliphatic hydroxyl groups is 2. The van der Waals surface area contributed by atoms with E-state index in [9.17, 15) is 10.2 Å². The molecule has 8 heteroatoms. The Labute approximate surface area is 223 Å². The average Bonchev–Trinajstić information content (AvgIpc) is 3.49. The first kappa shape index (κ1) is 26.4. The van der Waals surface area contributed by atoms with Crippen LogP contribution >= 0.6 is 0 Å². The van der Waals surface area contributed by atoms with Gasteiger partial charge >= 0.3 is 0 Å². The minimum atomic E-state index is -0.647. The van der Waals surface area contributed by atoms with Gasteiger partial charge in [0, 0.05) is 37.2 Å². The lowest BCUT2D eigenvalue weighted by molar-refractivity contribution is 0.0493. The lowest BCUT2D eigenvalue weighted by Gasteiger charge is -2.45.